The second-order valence-corrected chi connectivity index (χ2v) is 2.25. The lowest BCUT2D eigenvalue weighted by atomic mass is 10.4. The van der Waals surface area contributed by atoms with Crippen molar-refractivity contribution in [1.29, 1.82) is 0 Å². The molecule has 1 unspecified atom stereocenters. The molecule has 1 atom stereocenters. The Balaban J connectivity index is 3.38. The lowest BCUT2D eigenvalue weighted by molar-refractivity contribution is -0.145. The summed E-state index contributed by atoms with van der Waals surface area (Å²) in [4.78, 5) is 10.6. The van der Waals surface area contributed by atoms with Gasteiger partial charge in [-0.15, -0.1) is 0 Å². The molecular weight excluding hydrogens is 160 g/mol. The van der Waals surface area contributed by atoms with Crippen molar-refractivity contribution in [2.24, 2.45) is 0 Å². The lowest BCUT2D eigenvalue weighted by Gasteiger charge is -2.11. The summed E-state index contributed by atoms with van der Waals surface area (Å²) in [6.07, 6.45) is 0.796. The molecule has 0 aliphatic carbocycles. The zero-order valence-corrected chi connectivity index (χ0v) is 7.16. The molecule has 4 nitrogen and oxygen atoms in total. The Morgan fingerprint density at radius 2 is 2.42 bits per heavy atom. The molecule has 0 saturated carbocycles. The van der Waals surface area contributed by atoms with Gasteiger partial charge < -0.3 is 14.6 Å². The maximum Gasteiger partial charge on any atom is 0.330 e. The third-order valence-corrected chi connectivity index (χ3v) is 1.07. The number of aliphatic hydroxyl groups is 1. The van der Waals surface area contributed by atoms with Crippen molar-refractivity contribution < 1.29 is 19.4 Å². The molecule has 0 aromatic heterocycles. The average Bonchev–Trinajstić information content (AvgIpc) is 2.05. The van der Waals surface area contributed by atoms with E-state index in [1.54, 1.807) is 6.92 Å². The zero-order chi connectivity index (χ0) is 9.40. The van der Waals surface area contributed by atoms with Crippen LogP contribution in [-0.2, 0) is 14.3 Å². The molecule has 0 heterocycles. The quantitative estimate of drug-likeness (QED) is 0.353. The predicted octanol–water partition coefficient (Wildman–Crippen LogP) is 0.113. The molecule has 4 heteroatoms. The second-order valence-electron chi connectivity index (χ2n) is 2.25. The van der Waals surface area contributed by atoms with E-state index < -0.39 is 5.97 Å². The molecule has 0 aromatic rings. The second kappa shape index (κ2) is 6.82. The van der Waals surface area contributed by atoms with Gasteiger partial charge in [0, 0.05) is 6.08 Å². The van der Waals surface area contributed by atoms with Crippen molar-refractivity contribution in [2.45, 2.75) is 13.0 Å². The molecular formula is C8H14O4. The Bertz CT molecular complexity index is 144. The van der Waals surface area contributed by atoms with E-state index in [1.807, 2.05) is 0 Å². The zero-order valence-electron chi connectivity index (χ0n) is 7.16. The molecule has 0 spiro atoms. The third-order valence-electron chi connectivity index (χ3n) is 1.07. The SMILES string of the molecule is C=CC(=O)OC(C)COCCO. The standard InChI is InChI=1S/C8H14O4/c1-3-8(10)12-7(2)6-11-5-4-9/h3,7,9H,1,4-6H2,2H3. The van der Waals surface area contributed by atoms with Crippen molar-refractivity contribution in [3.8, 4) is 0 Å². The molecule has 0 saturated heterocycles. The third kappa shape index (κ3) is 5.88. The van der Waals surface area contributed by atoms with Crippen LogP contribution >= 0.6 is 0 Å². The van der Waals surface area contributed by atoms with Gasteiger partial charge in [0.05, 0.1) is 19.8 Å². The largest absolute Gasteiger partial charge is 0.457 e. The van der Waals surface area contributed by atoms with Gasteiger partial charge in [0.25, 0.3) is 0 Å². The minimum atomic E-state index is -0.463. The van der Waals surface area contributed by atoms with Crippen LogP contribution in [0, 0.1) is 0 Å². The minimum absolute atomic E-state index is 0.0257. The van der Waals surface area contributed by atoms with Gasteiger partial charge in [0.1, 0.15) is 6.10 Å². The maximum absolute atomic E-state index is 10.6. The summed E-state index contributed by atoms with van der Waals surface area (Å²) in [6.45, 7) is 5.49. The van der Waals surface area contributed by atoms with Gasteiger partial charge in [-0.1, -0.05) is 6.58 Å². The number of carbonyl (C=O) groups excluding carboxylic acids is 1. The number of ether oxygens (including phenoxy) is 2. The van der Waals surface area contributed by atoms with Crippen LogP contribution in [0.2, 0.25) is 0 Å². The summed E-state index contributed by atoms with van der Waals surface area (Å²) in [5, 5.41) is 8.36. The number of aliphatic hydroxyl groups excluding tert-OH is 1. The van der Waals surface area contributed by atoms with Gasteiger partial charge in [-0.3, -0.25) is 0 Å². The molecule has 1 N–H and O–H groups in total. The molecule has 0 aliphatic heterocycles. The Labute approximate surface area is 71.8 Å². The molecule has 0 radical (unpaired) electrons. The minimum Gasteiger partial charge on any atom is -0.457 e. The monoisotopic (exact) mass is 174 g/mol. The van der Waals surface area contributed by atoms with E-state index in [0.29, 0.717) is 6.61 Å². The maximum atomic E-state index is 10.6. The lowest BCUT2D eigenvalue weighted by Crippen LogP contribution is -2.20. The van der Waals surface area contributed by atoms with E-state index in [4.69, 9.17) is 14.6 Å². The fourth-order valence-corrected chi connectivity index (χ4v) is 0.594. The first-order chi connectivity index (χ1) is 5.70. The van der Waals surface area contributed by atoms with Crippen LogP contribution in [0.1, 0.15) is 6.92 Å². The molecule has 0 bridgehead atoms. The fraction of sp³-hybridized carbons (Fsp3) is 0.625. The van der Waals surface area contributed by atoms with Gasteiger partial charge in [-0.05, 0) is 6.92 Å². The summed E-state index contributed by atoms with van der Waals surface area (Å²) in [6, 6.07) is 0. The number of hydrogen-bond acceptors (Lipinski definition) is 4. The fourth-order valence-electron chi connectivity index (χ4n) is 0.594. The van der Waals surface area contributed by atoms with Gasteiger partial charge in [0.2, 0.25) is 0 Å². The topological polar surface area (TPSA) is 55.8 Å². The molecule has 12 heavy (non-hydrogen) atoms. The number of esters is 1. The summed E-state index contributed by atoms with van der Waals surface area (Å²) in [5.74, 6) is -0.463. The molecule has 0 fully saturated rings. The van der Waals surface area contributed by atoms with Gasteiger partial charge in [0.15, 0.2) is 0 Å². The first-order valence-corrected chi connectivity index (χ1v) is 3.72. The molecule has 0 amide bonds. The highest BCUT2D eigenvalue weighted by Crippen LogP contribution is 1.92. The molecule has 0 aromatic carbocycles. The van der Waals surface area contributed by atoms with Crippen molar-refractivity contribution in [3.05, 3.63) is 12.7 Å². The highest BCUT2D eigenvalue weighted by atomic mass is 16.6. The highest BCUT2D eigenvalue weighted by molar-refractivity contribution is 5.81. The first kappa shape index (κ1) is 11.1. The Morgan fingerprint density at radius 3 is 2.92 bits per heavy atom. The van der Waals surface area contributed by atoms with Gasteiger partial charge in [-0.2, -0.15) is 0 Å². The van der Waals surface area contributed by atoms with Crippen LogP contribution in [0.15, 0.2) is 12.7 Å². The van der Waals surface area contributed by atoms with E-state index in [2.05, 4.69) is 6.58 Å². The van der Waals surface area contributed by atoms with Crippen LogP contribution in [0.25, 0.3) is 0 Å². The van der Waals surface area contributed by atoms with Crippen LogP contribution in [0.3, 0.4) is 0 Å². The smallest absolute Gasteiger partial charge is 0.330 e. The number of rotatable bonds is 6. The van der Waals surface area contributed by atoms with Crippen molar-refractivity contribution >= 4 is 5.97 Å². The van der Waals surface area contributed by atoms with E-state index >= 15 is 0 Å². The summed E-state index contributed by atoms with van der Waals surface area (Å²) in [5.41, 5.74) is 0. The molecule has 0 rings (SSSR count). The van der Waals surface area contributed by atoms with Crippen LogP contribution in [0.5, 0.6) is 0 Å². The summed E-state index contributed by atoms with van der Waals surface area (Å²) >= 11 is 0. The summed E-state index contributed by atoms with van der Waals surface area (Å²) < 4.78 is 9.71. The van der Waals surface area contributed by atoms with Crippen molar-refractivity contribution in [2.75, 3.05) is 19.8 Å². The van der Waals surface area contributed by atoms with Crippen LogP contribution < -0.4 is 0 Å². The first-order valence-electron chi connectivity index (χ1n) is 3.72. The van der Waals surface area contributed by atoms with Crippen LogP contribution in [-0.4, -0.2) is 37.0 Å². The average molecular weight is 174 g/mol. The Morgan fingerprint density at radius 1 is 1.75 bits per heavy atom. The number of hydrogen-bond donors (Lipinski definition) is 1. The molecule has 70 valence electrons. The predicted molar refractivity (Wildman–Crippen MR) is 43.7 cm³/mol. The Kier molecular flexibility index (Phi) is 6.32. The van der Waals surface area contributed by atoms with Crippen molar-refractivity contribution in [3.63, 3.8) is 0 Å². The van der Waals surface area contributed by atoms with Gasteiger partial charge in [-0.25, -0.2) is 4.79 Å². The van der Waals surface area contributed by atoms with E-state index in [0.717, 1.165) is 6.08 Å². The number of carbonyl (C=O) groups is 1. The van der Waals surface area contributed by atoms with E-state index in [9.17, 15) is 4.79 Å². The molecule has 0 aliphatic rings. The van der Waals surface area contributed by atoms with E-state index in [1.165, 1.54) is 0 Å². The van der Waals surface area contributed by atoms with Crippen molar-refractivity contribution in [1.82, 2.24) is 0 Å². The van der Waals surface area contributed by atoms with E-state index in [-0.39, 0.29) is 19.3 Å². The normalized spacial score (nSPS) is 12.2. The summed E-state index contributed by atoms with van der Waals surface area (Å²) in [7, 11) is 0. The van der Waals surface area contributed by atoms with Gasteiger partial charge >= 0.3 is 5.97 Å². The highest BCUT2D eigenvalue weighted by Gasteiger charge is 2.05. The van der Waals surface area contributed by atoms with Crippen LogP contribution in [0.4, 0.5) is 0 Å². The Hall–Kier alpha value is -0.870.